The molecular weight excluding hydrogens is 849 g/mol. The van der Waals surface area contributed by atoms with Gasteiger partial charge in [0.15, 0.2) is 0 Å². The van der Waals surface area contributed by atoms with Crippen LogP contribution in [0.1, 0.15) is 17.5 Å². The highest BCUT2D eigenvalue weighted by molar-refractivity contribution is 7.26. The van der Waals surface area contributed by atoms with E-state index in [4.69, 9.17) is 29.9 Å². The van der Waals surface area contributed by atoms with Crippen molar-refractivity contribution in [2.24, 2.45) is 0 Å². The molecule has 68 heavy (non-hydrogen) atoms. The quantitative estimate of drug-likeness (QED) is 0.165. The number of hydrogen-bond donors (Lipinski definition) is 0. The lowest BCUT2D eigenvalue weighted by molar-refractivity contribution is 1.09. The fourth-order valence-electron chi connectivity index (χ4n) is 9.99. The van der Waals surface area contributed by atoms with E-state index in [1.807, 2.05) is 32.1 Å². The average Bonchev–Trinajstić information content (AvgIpc) is 3.76. The minimum Gasteiger partial charge on any atom is -0.233 e. The van der Waals surface area contributed by atoms with E-state index in [9.17, 15) is 0 Å². The largest absolute Gasteiger partial charge is 0.233 e. The summed E-state index contributed by atoms with van der Waals surface area (Å²) in [5.41, 5.74) is 15.4. The molecule has 7 heteroatoms. The first-order valence-corrected chi connectivity index (χ1v) is 23.7. The molecule has 0 spiro atoms. The van der Waals surface area contributed by atoms with Crippen molar-refractivity contribution in [3.8, 4) is 67.2 Å². The van der Waals surface area contributed by atoms with Crippen LogP contribution >= 0.6 is 11.3 Å². The van der Waals surface area contributed by atoms with Gasteiger partial charge in [0.05, 0.1) is 33.6 Å². The maximum absolute atomic E-state index is 5.08. The lowest BCUT2D eigenvalue weighted by Gasteiger charge is -2.13. The molecule has 0 amide bonds. The Balaban J connectivity index is 0.816. The molecule has 4 aromatic heterocycles. The summed E-state index contributed by atoms with van der Waals surface area (Å²) in [5, 5.41) is 8.00. The van der Waals surface area contributed by atoms with Crippen molar-refractivity contribution in [3.05, 3.63) is 206 Å². The molecule has 0 atom stereocenters. The van der Waals surface area contributed by atoms with Crippen molar-refractivity contribution < 1.29 is 0 Å². The van der Waals surface area contributed by atoms with Crippen molar-refractivity contribution in [2.75, 3.05) is 0 Å². The van der Waals surface area contributed by atoms with Gasteiger partial charge in [-0.25, -0.2) is 29.9 Å². The second kappa shape index (κ2) is 15.8. The molecule has 0 N–H and O–H groups in total. The molecule has 13 rings (SSSR count). The third kappa shape index (κ3) is 6.70. The Morgan fingerprint density at radius 1 is 0.309 bits per heavy atom. The zero-order chi connectivity index (χ0) is 45.5. The van der Waals surface area contributed by atoms with Crippen LogP contribution in [0.25, 0.3) is 131 Å². The van der Waals surface area contributed by atoms with E-state index in [0.29, 0.717) is 0 Å². The Bertz CT molecular complexity index is 4180. The summed E-state index contributed by atoms with van der Waals surface area (Å²) in [7, 11) is 0. The zero-order valence-corrected chi connectivity index (χ0v) is 38.3. The maximum Gasteiger partial charge on any atom is 0.126 e. The molecule has 4 heterocycles. The molecule has 0 bridgehead atoms. The minimum absolute atomic E-state index is 0.720. The molecule has 9 aromatic carbocycles. The van der Waals surface area contributed by atoms with E-state index in [1.54, 1.807) is 0 Å². The van der Waals surface area contributed by atoms with Crippen LogP contribution in [0.2, 0.25) is 0 Å². The molecule has 0 saturated carbocycles. The number of benzene rings is 9. The minimum atomic E-state index is 0.720. The van der Waals surface area contributed by atoms with Gasteiger partial charge in [-0.2, -0.15) is 0 Å². The van der Waals surface area contributed by atoms with Gasteiger partial charge >= 0.3 is 0 Å². The van der Waals surface area contributed by atoms with Crippen molar-refractivity contribution >= 4 is 75.0 Å². The molecule has 0 fully saturated rings. The molecule has 0 radical (unpaired) electrons. The van der Waals surface area contributed by atoms with E-state index < -0.39 is 0 Å². The van der Waals surface area contributed by atoms with E-state index in [0.717, 1.165) is 117 Å². The molecule has 0 unspecified atom stereocenters. The smallest absolute Gasteiger partial charge is 0.126 e. The summed E-state index contributed by atoms with van der Waals surface area (Å²) in [5.74, 6) is 2.20. The molecular formula is C61H40N6S. The standard InChI is InChI=1S/C61H40N6S/c1-35-62-54-34-44(47-15-9-18-52-59(47)66-37(3)67-60(52)53-19-10-16-49-48-13-6-7-20-55(48)68-61(49)53)31-32-50(54)56(63-35)42-28-23-40(24-29-42)39-21-26-41(27-22-39)46-14-8-17-51-57(64-36(2)65-58(46)51)45-30-25-38-11-4-5-12-43(38)33-45/h4-34H,1-3H3. The SMILES string of the molecule is Cc1nc(-c2ccc(-c3ccc(-c4cccc5c(-c6ccc7ccccc7c6)nc(C)nc45)cc3)cc2)c2ccc(-c3cccc4c(-c5cccc6c5sc5ccccc56)nc(C)nc34)cc2n1. The van der Waals surface area contributed by atoms with Crippen molar-refractivity contribution in [2.45, 2.75) is 20.8 Å². The number of fused-ring (bicyclic) bond motifs is 7. The Morgan fingerprint density at radius 3 is 1.56 bits per heavy atom. The number of thiophene rings is 1. The van der Waals surface area contributed by atoms with Crippen molar-refractivity contribution in [1.82, 2.24) is 29.9 Å². The molecule has 0 saturated heterocycles. The Hall–Kier alpha value is -8.52. The molecule has 0 aliphatic rings. The first kappa shape index (κ1) is 39.8. The summed E-state index contributed by atoms with van der Waals surface area (Å²) in [6.07, 6.45) is 0. The average molecular weight is 889 g/mol. The molecule has 0 aliphatic heterocycles. The van der Waals surface area contributed by atoms with Gasteiger partial charge in [0.2, 0.25) is 0 Å². The number of rotatable bonds is 6. The third-order valence-electron chi connectivity index (χ3n) is 13.2. The fourth-order valence-corrected chi connectivity index (χ4v) is 11.2. The van der Waals surface area contributed by atoms with Gasteiger partial charge in [0.1, 0.15) is 17.5 Å². The van der Waals surface area contributed by atoms with Crippen LogP contribution in [0, 0.1) is 20.8 Å². The summed E-state index contributed by atoms with van der Waals surface area (Å²) < 4.78 is 2.52. The van der Waals surface area contributed by atoms with Crippen LogP contribution in [0.3, 0.4) is 0 Å². The van der Waals surface area contributed by atoms with Gasteiger partial charge in [-0.3, -0.25) is 0 Å². The molecule has 6 nitrogen and oxygen atoms in total. The summed E-state index contributed by atoms with van der Waals surface area (Å²) in [4.78, 5) is 30.0. The maximum atomic E-state index is 5.08. The summed E-state index contributed by atoms with van der Waals surface area (Å²) in [6, 6.07) is 67.0. The van der Waals surface area contributed by atoms with Crippen LogP contribution < -0.4 is 0 Å². The number of hydrogen-bond acceptors (Lipinski definition) is 7. The first-order valence-electron chi connectivity index (χ1n) is 22.8. The van der Waals surface area contributed by atoms with Gasteiger partial charge in [0.25, 0.3) is 0 Å². The Morgan fingerprint density at radius 2 is 0.824 bits per heavy atom. The predicted octanol–water partition coefficient (Wildman–Crippen LogP) is 16.0. The molecule has 0 aliphatic carbocycles. The van der Waals surface area contributed by atoms with Gasteiger partial charge in [-0.15, -0.1) is 11.3 Å². The molecule has 13 aromatic rings. The highest BCUT2D eigenvalue weighted by Gasteiger charge is 2.19. The normalized spacial score (nSPS) is 11.8. The van der Waals surface area contributed by atoms with E-state index >= 15 is 0 Å². The second-order valence-corrected chi connectivity index (χ2v) is 18.5. The molecule has 320 valence electrons. The third-order valence-corrected chi connectivity index (χ3v) is 14.4. The van der Waals surface area contributed by atoms with Crippen LogP contribution in [0.5, 0.6) is 0 Å². The highest BCUT2D eigenvalue weighted by atomic mass is 32.1. The van der Waals surface area contributed by atoms with Crippen LogP contribution in [-0.4, -0.2) is 29.9 Å². The van der Waals surface area contributed by atoms with Crippen molar-refractivity contribution in [3.63, 3.8) is 0 Å². The van der Waals surface area contributed by atoms with Gasteiger partial charge in [-0.05, 0) is 78.1 Å². The van der Waals surface area contributed by atoms with E-state index in [-0.39, 0.29) is 0 Å². The lowest BCUT2D eigenvalue weighted by Crippen LogP contribution is -1.97. The number of aryl methyl sites for hydroxylation is 3. The van der Waals surface area contributed by atoms with Gasteiger partial charge < -0.3 is 0 Å². The van der Waals surface area contributed by atoms with E-state index in [1.165, 1.54) is 30.9 Å². The Kier molecular flexibility index (Phi) is 9.27. The second-order valence-electron chi connectivity index (χ2n) is 17.5. The Labute approximate surface area is 396 Å². The van der Waals surface area contributed by atoms with Crippen LogP contribution in [0.4, 0.5) is 0 Å². The number of nitrogens with zero attached hydrogens (tertiary/aromatic N) is 6. The van der Waals surface area contributed by atoms with Gasteiger partial charge in [0, 0.05) is 64.1 Å². The number of aromatic nitrogens is 6. The highest BCUT2D eigenvalue weighted by Crippen LogP contribution is 2.43. The predicted molar refractivity (Wildman–Crippen MR) is 283 cm³/mol. The van der Waals surface area contributed by atoms with Crippen molar-refractivity contribution in [1.29, 1.82) is 0 Å². The fraction of sp³-hybridized carbons (Fsp3) is 0.0492. The topological polar surface area (TPSA) is 77.3 Å². The summed E-state index contributed by atoms with van der Waals surface area (Å²) in [6.45, 7) is 5.93. The zero-order valence-electron chi connectivity index (χ0n) is 37.5. The first-order chi connectivity index (χ1) is 33.4. The summed E-state index contributed by atoms with van der Waals surface area (Å²) >= 11 is 1.82. The number of para-hydroxylation sites is 2. The monoisotopic (exact) mass is 888 g/mol. The lowest BCUT2D eigenvalue weighted by atomic mass is 9.95. The van der Waals surface area contributed by atoms with E-state index in [2.05, 4.69) is 188 Å². The van der Waals surface area contributed by atoms with Crippen LogP contribution in [-0.2, 0) is 0 Å². The van der Waals surface area contributed by atoms with Crippen LogP contribution in [0.15, 0.2) is 188 Å². The van der Waals surface area contributed by atoms with Gasteiger partial charge in [-0.1, -0.05) is 164 Å².